The minimum absolute atomic E-state index is 0.00386. The van der Waals surface area contributed by atoms with Gasteiger partial charge in [-0.1, -0.05) is 30.3 Å². The molecule has 20 heavy (non-hydrogen) atoms. The molecule has 0 aliphatic heterocycles. The van der Waals surface area contributed by atoms with Gasteiger partial charge in [0.2, 0.25) is 6.10 Å². The molecular formula is C14H16O6. The van der Waals surface area contributed by atoms with Crippen LogP contribution in [-0.4, -0.2) is 28.1 Å². The summed E-state index contributed by atoms with van der Waals surface area (Å²) in [6.45, 7) is 0. The maximum atomic E-state index is 11.5. The summed E-state index contributed by atoms with van der Waals surface area (Å²) in [6.07, 6.45) is -0.638. The summed E-state index contributed by atoms with van der Waals surface area (Å²) in [5.74, 6) is -2.81. The third-order valence-electron chi connectivity index (χ3n) is 2.60. The lowest BCUT2D eigenvalue weighted by molar-refractivity contribution is -0.164. The van der Waals surface area contributed by atoms with Gasteiger partial charge in [-0.05, 0) is 12.8 Å². The summed E-state index contributed by atoms with van der Waals surface area (Å²) in [5, 5.41) is 17.5. The van der Waals surface area contributed by atoms with E-state index in [1.807, 2.05) is 0 Å². The maximum absolute atomic E-state index is 11.5. The number of carboxylic acids is 2. The predicted octanol–water partition coefficient (Wildman–Crippen LogP) is 2.00. The molecule has 0 fully saturated rings. The van der Waals surface area contributed by atoms with Gasteiger partial charge < -0.3 is 14.9 Å². The van der Waals surface area contributed by atoms with Gasteiger partial charge in [0.1, 0.15) is 0 Å². The van der Waals surface area contributed by atoms with E-state index in [9.17, 15) is 14.4 Å². The van der Waals surface area contributed by atoms with Crippen molar-refractivity contribution < 1.29 is 29.3 Å². The Morgan fingerprint density at radius 1 is 1.00 bits per heavy atom. The number of carbonyl (C=O) groups is 3. The zero-order valence-electron chi connectivity index (χ0n) is 10.8. The molecule has 0 spiro atoms. The molecule has 6 heteroatoms. The molecule has 0 heterocycles. The van der Waals surface area contributed by atoms with Crippen molar-refractivity contribution in [3.63, 3.8) is 0 Å². The number of ether oxygens (including phenoxy) is 1. The molecule has 0 radical (unpaired) electrons. The smallest absolute Gasteiger partial charge is 0.349 e. The van der Waals surface area contributed by atoms with Gasteiger partial charge in [-0.3, -0.25) is 9.59 Å². The number of benzene rings is 1. The minimum Gasteiger partial charge on any atom is -0.481 e. The molecule has 0 amide bonds. The first-order chi connectivity index (χ1) is 9.50. The van der Waals surface area contributed by atoms with Crippen molar-refractivity contribution in [3.8, 4) is 0 Å². The fourth-order valence-corrected chi connectivity index (χ4v) is 1.62. The first kappa shape index (κ1) is 15.7. The van der Waals surface area contributed by atoms with Crippen LogP contribution in [0.15, 0.2) is 30.3 Å². The normalized spacial score (nSPS) is 11.6. The third-order valence-corrected chi connectivity index (χ3v) is 2.60. The van der Waals surface area contributed by atoms with Crippen LogP contribution in [0.5, 0.6) is 0 Å². The van der Waals surface area contributed by atoms with E-state index in [1.165, 1.54) is 0 Å². The highest BCUT2D eigenvalue weighted by atomic mass is 16.6. The molecule has 2 N–H and O–H groups in total. The highest BCUT2D eigenvalue weighted by molar-refractivity contribution is 5.79. The zero-order chi connectivity index (χ0) is 15.0. The van der Waals surface area contributed by atoms with Crippen molar-refractivity contribution >= 4 is 17.9 Å². The van der Waals surface area contributed by atoms with Crippen LogP contribution in [0.1, 0.15) is 37.4 Å². The number of esters is 1. The molecule has 0 bridgehead atoms. The predicted molar refractivity (Wildman–Crippen MR) is 69.0 cm³/mol. The summed E-state index contributed by atoms with van der Waals surface area (Å²) >= 11 is 0. The van der Waals surface area contributed by atoms with E-state index in [1.54, 1.807) is 30.3 Å². The van der Waals surface area contributed by atoms with Gasteiger partial charge in [0.25, 0.3) is 0 Å². The summed E-state index contributed by atoms with van der Waals surface area (Å²) in [6, 6.07) is 8.18. The molecule has 108 valence electrons. The lowest BCUT2D eigenvalue weighted by Crippen LogP contribution is -2.19. The van der Waals surface area contributed by atoms with E-state index >= 15 is 0 Å². The second-order valence-corrected chi connectivity index (χ2v) is 4.22. The van der Waals surface area contributed by atoms with Gasteiger partial charge in [-0.15, -0.1) is 0 Å². The van der Waals surface area contributed by atoms with E-state index in [0.29, 0.717) is 18.4 Å². The molecule has 0 aliphatic carbocycles. The number of unbranched alkanes of at least 4 members (excludes halogenated alkanes) is 1. The Hall–Kier alpha value is -2.37. The number of carboxylic acid groups (broad SMARTS) is 2. The van der Waals surface area contributed by atoms with E-state index in [4.69, 9.17) is 14.9 Å². The number of hydrogen-bond acceptors (Lipinski definition) is 4. The summed E-state index contributed by atoms with van der Waals surface area (Å²) in [7, 11) is 0. The van der Waals surface area contributed by atoms with Crippen LogP contribution in [-0.2, 0) is 19.1 Å². The fraction of sp³-hybridized carbons (Fsp3) is 0.357. The average molecular weight is 280 g/mol. The third kappa shape index (κ3) is 5.51. The molecule has 0 aliphatic rings. The first-order valence-corrected chi connectivity index (χ1v) is 6.19. The van der Waals surface area contributed by atoms with Crippen LogP contribution >= 0.6 is 0 Å². The summed E-state index contributed by atoms with van der Waals surface area (Å²) < 4.78 is 4.92. The Labute approximate surface area is 116 Å². The van der Waals surface area contributed by atoms with Gasteiger partial charge in [0, 0.05) is 18.4 Å². The molecule has 1 aromatic carbocycles. The van der Waals surface area contributed by atoms with Gasteiger partial charge in [0.05, 0.1) is 0 Å². The van der Waals surface area contributed by atoms with Crippen LogP contribution in [0.2, 0.25) is 0 Å². The van der Waals surface area contributed by atoms with Crippen molar-refractivity contribution in [3.05, 3.63) is 35.9 Å². The SMILES string of the molecule is O=C(O)CCCCC(=O)OC(C(=O)O)c1ccccc1. The Morgan fingerprint density at radius 3 is 2.15 bits per heavy atom. The molecule has 1 atom stereocenters. The lowest BCUT2D eigenvalue weighted by atomic mass is 10.1. The van der Waals surface area contributed by atoms with E-state index in [0.717, 1.165) is 0 Å². The van der Waals surface area contributed by atoms with Crippen LogP contribution in [0, 0.1) is 0 Å². The molecule has 0 saturated carbocycles. The van der Waals surface area contributed by atoms with E-state index in [-0.39, 0.29) is 12.8 Å². The Balaban J connectivity index is 2.48. The summed E-state index contributed by atoms with van der Waals surface area (Å²) in [4.78, 5) is 32.9. The molecule has 0 saturated heterocycles. The maximum Gasteiger partial charge on any atom is 0.349 e. The standard InChI is InChI=1S/C14H16O6/c15-11(16)8-4-5-9-12(17)20-13(14(18)19)10-6-2-1-3-7-10/h1-3,6-7,13H,4-5,8-9H2,(H,15,16)(H,18,19). The molecule has 1 aromatic rings. The monoisotopic (exact) mass is 280 g/mol. The van der Waals surface area contributed by atoms with Crippen molar-refractivity contribution in [2.75, 3.05) is 0 Å². The van der Waals surface area contributed by atoms with Crippen molar-refractivity contribution in [1.82, 2.24) is 0 Å². The molecule has 1 unspecified atom stereocenters. The molecule has 0 aromatic heterocycles. The fourth-order valence-electron chi connectivity index (χ4n) is 1.62. The van der Waals surface area contributed by atoms with Gasteiger partial charge in [-0.2, -0.15) is 0 Å². The van der Waals surface area contributed by atoms with Crippen LogP contribution in [0.25, 0.3) is 0 Å². The first-order valence-electron chi connectivity index (χ1n) is 6.19. The number of rotatable bonds is 8. The molecule has 1 rings (SSSR count). The Bertz CT molecular complexity index is 468. The zero-order valence-corrected chi connectivity index (χ0v) is 10.8. The topological polar surface area (TPSA) is 101 Å². The Morgan fingerprint density at radius 2 is 1.60 bits per heavy atom. The second-order valence-electron chi connectivity index (χ2n) is 4.22. The van der Waals surface area contributed by atoms with Crippen LogP contribution in [0.4, 0.5) is 0 Å². The van der Waals surface area contributed by atoms with Crippen molar-refractivity contribution in [1.29, 1.82) is 0 Å². The lowest BCUT2D eigenvalue weighted by Gasteiger charge is -2.13. The van der Waals surface area contributed by atoms with Gasteiger partial charge >= 0.3 is 17.9 Å². The van der Waals surface area contributed by atoms with Gasteiger partial charge in [-0.25, -0.2) is 4.79 Å². The number of hydrogen-bond donors (Lipinski definition) is 2. The highest BCUT2D eigenvalue weighted by Crippen LogP contribution is 2.18. The number of aliphatic carboxylic acids is 2. The van der Waals surface area contributed by atoms with E-state index in [2.05, 4.69) is 0 Å². The second kappa shape index (κ2) is 7.93. The number of carbonyl (C=O) groups excluding carboxylic acids is 1. The van der Waals surface area contributed by atoms with Crippen molar-refractivity contribution in [2.24, 2.45) is 0 Å². The largest absolute Gasteiger partial charge is 0.481 e. The summed E-state index contributed by atoms with van der Waals surface area (Å²) in [5.41, 5.74) is 0.388. The minimum atomic E-state index is -1.33. The molecule has 6 nitrogen and oxygen atoms in total. The molecular weight excluding hydrogens is 264 g/mol. The van der Waals surface area contributed by atoms with Crippen molar-refractivity contribution in [2.45, 2.75) is 31.8 Å². The average Bonchev–Trinajstić information content (AvgIpc) is 2.41. The Kier molecular flexibility index (Phi) is 6.22. The van der Waals surface area contributed by atoms with Gasteiger partial charge in [0.15, 0.2) is 0 Å². The van der Waals surface area contributed by atoms with E-state index < -0.39 is 24.0 Å². The quantitative estimate of drug-likeness (QED) is 0.558. The highest BCUT2D eigenvalue weighted by Gasteiger charge is 2.23. The van der Waals surface area contributed by atoms with Crippen LogP contribution < -0.4 is 0 Å². The van der Waals surface area contributed by atoms with Crippen LogP contribution in [0.3, 0.4) is 0 Å².